The highest BCUT2D eigenvalue weighted by molar-refractivity contribution is 5.80. The van der Waals surface area contributed by atoms with Gasteiger partial charge in [0.15, 0.2) is 11.2 Å². The predicted octanol–water partition coefficient (Wildman–Crippen LogP) is -1.24. The number of likely N-dealkylation sites (tertiary alicyclic amines) is 1. The summed E-state index contributed by atoms with van der Waals surface area (Å²) in [6, 6.07) is 0. The second kappa shape index (κ2) is 6.19. The first-order chi connectivity index (χ1) is 11.8. The fourth-order valence-corrected chi connectivity index (χ4v) is 3.17. The van der Waals surface area contributed by atoms with Crippen LogP contribution in [0, 0.1) is 5.92 Å². The summed E-state index contributed by atoms with van der Waals surface area (Å²) in [6.07, 6.45) is 2.53. The SMILES string of the molecule is Cn1c(=O)c2c(ncn2CC(=O)N2CCCC(C(=O)O)C2)n(C)c1=O. The number of carbonyl (C=O) groups excluding carboxylic acids is 1. The third-order valence-electron chi connectivity index (χ3n) is 4.65. The number of nitrogens with zero attached hydrogens (tertiary/aromatic N) is 5. The topological polar surface area (TPSA) is 119 Å². The molecule has 1 atom stereocenters. The van der Waals surface area contributed by atoms with Gasteiger partial charge in [0, 0.05) is 27.2 Å². The lowest BCUT2D eigenvalue weighted by Gasteiger charge is -2.30. The Morgan fingerprint density at radius 2 is 2.00 bits per heavy atom. The van der Waals surface area contributed by atoms with E-state index in [1.54, 1.807) is 0 Å². The summed E-state index contributed by atoms with van der Waals surface area (Å²) in [5.41, 5.74) is -0.632. The third-order valence-corrected chi connectivity index (χ3v) is 4.65. The van der Waals surface area contributed by atoms with E-state index in [2.05, 4.69) is 4.98 Å². The summed E-state index contributed by atoms with van der Waals surface area (Å²) in [6.45, 7) is 0.527. The largest absolute Gasteiger partial charge is 0.481 e. The molecule has 10 nitrogen and oxygen atoms in total. The number of carboxylic acid groups (broad SMARTS) is 1. The molecule has 0 aliphatic carbocycles. The van der Waals surface area contributed by atoms with Gasteiger partial charge in [-0.2, -0.15) is 0 Å². The second-order valence-corrected chi connectivity index (χ2v) is 6.27. The predicted molar refractivity (Wildman–Crippen MR) is 87.2 cm³/mol. The molecule has 0 bridgehead atoms. The second-order valence-electron chi connectivity index (χ2n) is 6.27. The molecule has 0 aromatic carbocycles. The molecule has 0 saturated carbocycles. The Balaban J connectivity index is 1.91. The van der Waals surface area contributed by atoms with Crippen LogP contribution in [0.15, 0.2) is 15.9 Å². The van der Waals surface area contributed by atoms with Crippen LogP contribution in [0.5, 0.6) is 0 Å². The Morgan fingerprint density at radius 1 is 1.28 bits per heavy atom. The van der Waals surface area contributed by atoms with Gasteiger partial charge >= 0.3 is 11.7 Å². The summed E-state index contributed by atoms with van der Waals surface area (Å²) in [4.78, 5) is 53.5. The number of carbonyl (C=O) groups is 2. The van der Waals surface area contributed by atoms with Crippen molar-refractivity contribution in [1.82, 2.24) is 23.6 Å². The number of fused-ring (bicyclic) bond motifs is 1. The van der Waals surface area contributed by atoms with E-state index in [0.29, 0.717) is 19.4 Å². The Morgan fingerprint density at radius 3 is 2.68 bits per heavy atom. The lowest BCUT2D eigenvalue weighted by molar-refractivity contribution is -0.145. The van der Waals surface area contributed by atoms with Crippen LogP contribution in [-0.2, 0) is 30.2 Å². The molecule has 1 aliphatic rings. The van der Waals surface area contributed by atoms with Gasteiger partial charge in [-0.05, 0) is 12.8 Å². The van der Waals surface area contributed by atoms with Gasteiger partial charge in [0.1, 0.15) is 6.54 Å². The molecule has 2 aromatic rings. The van der Waals surface area contributed by atoms with Crippen LogP contribution in [0.3, 0.4) is 0 Å². The van der Waals surface area contributed by atoms with Crippen molar-refractivity contribution in [2.45, 2.75) is 19.4 Å². The molecule has 25 heavy (non-hydrogen) atoms. The molecule has 10 heteroatoms. The van der Waals surface area contributed by atoms with Crippen molar-refractivity contribution in [3.05, 3.63) is 27.2 Å². The van der Waals surface area contributed by atoms with E-state index in [4.69, 9.17) is 5.11 Å². The maximum Gasteiger partial charge on any atom is 0.332 e. The molecule has 1 unspecified atom stereocenters. The van der Waals surface area contributed by atoms with Crippen LogP contribution < -0.4 is 11.2 Å². The quantitative estimate of drug-likeness (QED) is 0.740. The Hall–Kier alpha value is -2.91. The number of rotatable bonds is 3. The van der Waals surface area contributed by atoms with Crippen molar-refractivity contribution in [2.75, 3.05) is 13.1 Å². The standard InChI is InChI=1S/C15H19N5O5/c1-17-12-11(13(22)18(2)15(17)25)20(8-16-12)7-10(21)19-5-3-4-9(6-19)14(23)24/h8-9H,3-7H2,1-2H3,(H,23,24). The van der Waals surface area contributed by atoms with Crippen molar-refractivity contribution < 1.29 is 14.7 Å². The zero-order valence-electron chi connectivity index (χ0n) is 14.0. The van der Waals surface area contributed by atoms with E-state index in [1.807, 2.05) is 0 Å². The Bertz CT molecular complexity index is 969. The molecule has 1 N–H and O–H groups in total. The van der Waals surface area contributed by atoms with Gasteiger partial charge in [0.25, 0.3) is 5.56 Å². The number of piperidine rings is 1. The van der Waals surface area contributed by atoms with E-state index in [-0.39, 0.29) is 30.2 Å². The summed E-state index contributed by atoms with van der Waals surface area (Å²) in [5.74, 6) is -1.75. The minimum Gasteiger partial charge on any atom is -0.481 e. The van der Waals surface area contributed by atoms with E-state index in [0.717, 1.165) is 4.57 Å². The zero-order valence-corrected chi connectivity index (χ0v) is 14.0. The van der Waals surface area contributed by atoms with E-state index in [9.17, 15) is 19.2 Å². The van der Waals surface area contributed by atoms with Gasteiger partial charge < -0.3 is 14.6 Å². The summed E-state index contributed by atoms with van der Waals surface area (Å²) in [7, 11) is 2.87. The van der Waals surface area contributed by atoms with Crippen molar-refractivity contribution in [2.24, 2.45) is 20.0 Å². The number of carboxylic acids is 1. The van der Waals surface area contributed by atoms with E-state index >= 15 is 0 Å². The number of hydrogen-bond donors (Lipinski definition) is 1. The van der Waals surface area contributed by atoms with Crippen molar-refractivity contribution in [3.8, 4) is 0 Å². The average molecular weight is 349 g/mol. The molecule has 3 heterocycles. The van der Waals surface area contributed by atoms with Crippen LogP contribution in [0.2, 0.25) is 0 Å². The number of imidazole rings is 1. The highest BCUT2D eigenvalue weighted by Crippen LogP contribution is 2.17. The maximum atomic E-state index is 12.5. The highest BCUT2D eigenvalue weighted by atomic mass is 16.4. The number of hydrogen-bond acceptors (Lipinski definition) is 5. The molecule has 0 radical (unpaired) electrons. The van der Waals surface area contributed by atoms with Gasteiger partial charge in [-0.3, -0.25) is 23.5 Å². The van der Waals surface area contributed by atoms with Gasteiger partial charge in [-0.1, -0.05) is 0 Å². The average Bonchev–Trinajstić information content (AvgIpc) is 3.01. The molecule has 0 spiro atoms. The monoisotopic (exact) mass is 349 g/mol. The Labute approximate surface area is 141 Å². The smallest absolute Gasteiger partial charge is 0.332 e. The molecule has 1 fully saturated rings. The lowest BCUT2D eigenvalue weighted by atomic mass is 9.98. The third kappa shape index (κ3) is 2.83. The number of aliphatic carboxylic acids is 1. The molecule has 1 aliphatic heterocycles. The molecule has 3 rings (SSSR count). The molecule has 134 valence electrons. The summed E-state index contributed by atoms with van der Waals surface area (Å²) >= 11 is 0. The van der Waals surface area contributed by atoms with Gasteiger partial charge in [0.05, 0.1) is 12.2 Å². The molecule has 1 saturated heterocycles. The minimum atomic E-state index is -0.908. The first-order valence-electron chi connectivity index (χ1n) is 7.92. The van der Waals surface area contributed by atoms with E-state index in [1.165, 1.54) is 34.5 Å². The summed E-state index contributed by atoms with van der Waals surface area (Å²) in [5, 5.41) is 9.13. The van der Waals surface area contributed by atoms with Gasteiger partial charge in [0.2, 0.25) is 5.91 Å². The van der Waals surface area contributed by atoms with Crippen LogP contribution in [-0.4, -0.2) is 53.7 Å². The van der Waals surface area contributed by atoms with Crippen LogP contribution in [0.1, 0.15) is 12.8 Å². The normalized spacial score (nSPS) is 17.8. The highest BCUT2D eigenvalue weighted by Gasteiger charge is 2.28. The van der Waals surface area contributed by atoms with Crippen LogP contribution in [0.4, 0.5) is 0 Å². The fourth-order valence-electron chi connectivity index (χ4n) is 3.17. The number of aryl methyl sites for hydroxylation is 1. The molecular weight excluding hydrogens is 330 g/mol. The zero-order chi connectivity index (χ0) is 18.3. The van der Waals surface area contributed by atoms with Crippen molar-refractivity contribution in [3.63, 3.8) is 0 Å². The van der Waals surface area contributed by atoms with Crippen LogP contribution >= 0.6 is 0 Å². The van der Waals surface area contributed by atoms with Crippen molar-refractivity contribution >= 4 is 23.0 Å². The first-order valence-corrected chi connectivity index (χ1v) is 7.92. The summed E-state index contributed by atoms with van der Waals surface area (Å²) < 4.78 is 3.62. The lowest BCUT2D eigenvalue weighted by Crippen LogP contribution is -2.44. The number of amides is 1. The number of aromatic nitrogens is 4. The molecular formula is C15H19N5O5. The molecule has 2 aromatic heterocycles. The van der Waals surface area contributed by atoms with Crippen molar-refractivity contribution in [1.29, 1.82) is 0 Å². The van der Waals surface area contributed by atoms with E-state index < -0.39 is 23.1 Å². The van der Waals surface area contributed by atoms with Crippen LogP contribution in [0.25, 0.3) is 11.2 Å². The van der Waals surface area contributed by atoms with Gasteiger partial charge in [-0.15, -0.1) is 0 Å². The first kappa shape index (κ1) is 16.9. The maximum absolute atomic E-state index is 12.5. The Kier molecular flexibility index (Phi) is 4.19. The fraction of sp³-hybridized carbons (Fsp3) is 0.533. The van der Waals surface area contributed by atoms with Gasteiger partial charge in [-0.25, -0.2) is 9.78 Å². The molecule has 1 amide bonds. The minimum absolute atomic E-state index is 0.129.